The van der Waals surface area contributed by atoms with Crippen molar-refractivity contribution >= 4 is 16.7 Å². The fourth-order valence-corrected chi connectivity index (χ4v) is 3.96. The van der Waals surface area contributed by atoms with Crippen molar-refractivity contribution in [1.82, 2.24) is 19.4 Å². The molecule has 1 amide bonds. The van der Waals surface area contributed by atoms with Gasteiger partial charge in [-0.25, -0.2) is 4.98 Å². The number of carbonyl (C=O) groups is 1. The molecule has 134 valence electrons. The minimum Gasteiger partial charge on any atom is -0.336 e. The van der Waals surface area contributed by atoms with E-state index >= 15 is 0 Å². The zero-order valence-corrected chi connectivity index (χ0v) is 15.1. The Balaban J connectivity index is 1.57. The van der Waals surface area contributed by atoms with Crippen molar-refractivity contribution in [1.29, 1.82) is 0 Å². The second kappa shape index (κ2) is 7.28. The molecule has 5 nitrogen and oxygen atoms in total. The molecule has 1 aliphatic heterocycles. The molecule has 0 radical (unpaired) electrons. The first-order chi connectivity index (χ1) is 12.7. The maximum Gasteiger partial charge on any atom is 0.254 e. The number of piperidine rings is 1. The van der Waals surface area contributed by atoms with E-state index in [0.717, 1.165) is 54.5 Å². The summed E-state index contributed by atoms with van der Waals surface area (Å²) in [6.07, 6.45) is 11.7. The maximum absolute atomic E-state index is 13.3. The Morgan fingerprint density at radius 2 is 2.15 bits per heavy atom. The average Bonchev–Trinajstić information content (AvgIpc) is 3.10. The van der Waals surface area contributed by atoms with Crippen LogP contribution in [0.4, 0.5) is 0 Å². The van der Waals surface area contributed by atoms with Gasteiger partial charge in [-0.15, -0.1) is 0 Å². The van der Waals surface area contributed by atoms with Crippen molar-refractivity contribution in [3.8, 4) is 0 Å². The molecule has 1 saturated heterocycles. The van der Waals surface area contributed by atoms with Gasteiger partial charge in [-0.3, -0.25) is 9.78 Å². The Kier molecular flexibility index (Phi) is 4.69. The number of pyridine rings is 1. The molecule has 1 atom stereocenters. The Labute approximate surface area is 153 Å². The van der Waals surface area contributed by atoms with Gasteiger partial charge < -0.3 is 9.47 Å². The molecule has 0 aliphatic carbocycles. The first kappa shape index (κ1) is 16.8. The smallest absolute Gasteiger partial charge is 0.254 e. The summed E-state index contributed by atoms with van der Waals surface area (Å²) >= 11 is 0. The fraction of sp³-hybridized carbons (Fsp3) is 0.381. The van der Waals surface area contributed by atoms with E-state index in [1.807, 2.05) is 49.8 Å². The Bertz CT molecular complexity index is 912. The van der Waals surface area contributed by atoms with Crippen LogP contribution in [0.1, 0.15) is 41.9 Å². The van der Waals surface area contributed by atoms with E-state index in [1.54, 1.807) is 6.20 Å². The van der Waals surface area contributed by atoms with Gasteiger partial charge in [0.15, 0.2) is 0 Å². The third-order valence-corrected chi connectivity index (χ3v) is 5.43. The zero-order valence-electron chi connectivity index (χ0n) is 15.1. The lowest BCUT2D eigenvalue weighted by Crippen LogP contribution is -2.44. The first-order valence-electron chi connectivity index (χ1n) is 9.35. The summed E-state index contributed by atoms with van der Waals surface area (Å²) in [4.78, 5) is 23.9. The molecule has 1 unspecified atom stereocenters. The van der Waals surface area contributed by atoms with Gasteiger partial charge in [0.05, 0.1) is 0 Å². The molecule has 1 fully saturated rings. The third kappa shape index (κ3) is 3.21. The van der Waals surface area contributed by atoms with Gasteiger partial charge in [0, 0.05) is 54.9 Å². The minimum atomic E-state index is 0.147. The quantitative estimate of drug-likeness (QED) is 0.720. The number of imidazole rings is 1. The van der Waals surface area contributed by atoms with Crippen LogP contribution in [-0.4, -0.2) is 37.9 Å². The van der Waals surface area contributed by atoms with Crippen molar-refractivity contribution in [2.75, 3.05) is 6.54 Å². The van der Waals surface area contributed by atoms with E-state index < -0.39 is 0 Å². The molecule has 2 aromatic heterocycles. The van der Waals surface area contributed by atoms with Crippen molar-refractivity contribution in [3.05, 3.63) is 60.4 Å². The second-order valence-electron chi connectivity index (χ2n) is 7.01. The number of carbonyl (C=O) groups excluding carboxylic acids is 1. The lowest BCUT2D eigenvalue weighted by Gasteiger charge is -2.36. The predicted octanol–water partition coefficient (Wildman–Crippen LogP) is 3.82. The van der Waals surface area contributed by atoms with Gasteiger partial charge in [0.1, 0.15) is 5.82 Å². The number of amides is 1. The predicted molar refractivity (Wildman–Crippen MR) is 102 cm³/mol. The number of hydrogen-bond acceptors (Lipinski definition) is 3. The maximum atomic E-state index is 13.3. The van der Waals surface area contributed by atoms with Crippen molar-refractivity contribution < 1.29 is 4.79 Å². The van der Waals surface area contributed by atoms with Crippen molar-refractivity contribution in [2.24, 2.45) is 0 Å². The Morgan fingerprint density at radius 3 is 3.00 bits per heavy atom. The number of aromatic nitrogens is 3. The monoisotopic (exact) mass is 348 g/mol. The normalized spacial score (nSPS) is 17.6. The third-order valence-electron chi connectivity index (χ3n) is 5.43. The van der Waals surface area contributed by atoms with E-state index in [1.165, 1.54) is 6.42 Å². The number of nitrogens with zero attached hydrogens (tertiary/aromatic N) is 4. The molecule has 4 rings (SSSR count). The number of rotatable bonds is 4. The first-order valence-corrected chi connectivity index (χ1v) is 9.35. The van der Waals surface area contributed by atoms with Crippen molar-refractivity contribution in [2.45, 2.75) is 45.2 Å². The summed E-state index contributed by atoms with van der Waals surface area (Å²) in [7, 11) is 0. The van der Waals surface area contributed by atoms with Crippen LogP contribution in [0, 0.1) is 6.92 Å². The number of hydrogen-bond donors (Lipinski definition) is 0. The summed E-state index contributed by atoms with van der Waals surface area (Å²) in [6, 6.07) is 8.13. The topological polar surface area (TPSA) is 51.0 Å². The number of fused-ring (bicyclic) bond motifs is 1. The minimum absolute atomic E-state index is 0.147. The number of aryl methyl sites for hydroxylation is 2. The van der Waals surface area contributed by atoms with Crippen LogP contribution >= 0.6 is 0 Å². The second-order valence-corrected chi connectivity index (χ2v) is 7.01. The van der Waals surface area contributed by atoms with Gasteiger partial charge in [0.2, 0.25) is 0 Å². The number of benzene rings is 1. The van der Waals surface area contributed by atoms with Crippen LogP contribution in [0.15, 0.2) is 49.1 Å². The molecule has 0 N–H and O–H groups in total. The van der Waals surface area contributed by atoms with Crippen LogP contribution in [0.5, 0.6) is 0 Å². The SMILES string of the molecule is Cc1nccn1CCC1CCCCN1C(=O)c1cccc2cnccc12. The Morgan fingerprint density at radius 1 is 1.23 bits per heavy atom. The lowest BCUT2D eigenvalue weighted by atomic mass is 9.97. The van der Waals surface area contributed by atoms with Gasteiger partial charge >= 0.3 is 0 Å². The lowest BCUT2D eigenvalue weighted by molar-refractivity contribution is 0.0597. The molecule has 0 bridgehead atoms. The molecular formula is C21H24N4O. The summed E-state index contributed by atoms with van der Waals surface area (Å²) < 4.78 is 2.17. The van der Waals surface area contributed by atoms with Gasteiger partial charge in [0.25, 0.3) is 5.91 Å². The molecule has 3 aromatic rings. The summed E-state index contributed by atoms with van der Waals surface area (Å²) in [5.74, 6) is 1.18. The molecule has 5 heteroatoms. The van der Waals surface area contributed by atoms with Crippen molar-refractivity contribution in [3.63, 3.8) is 0 Å². The molecular weight excluding hydrogens is 324 g/mol. The molecule has 0 spiro atoms. The molecule has 1 aromatic carbocycles. The fourth-order valence-electron chi connectivity index (χ4n) is 3.96. The van der Waals surface area contributed by atoms with E-state index in [4.69, 9.17) is 0 Å². The summed E-state index contributed by atoms with van der Waals surface area (Å²) in [5, 5.41) is 2.00. The molecule has 3 heterocycles. The highest BCUT2D eigenvalue weighted by atomic mass is 16.2. The average molecular weight is 348 g/mol. The highest BCUT2D eigenvalue weighted by molar-refractivity contribution is 6.06. The largest absolute Gasteiger partial charge is 0.336 e. The van der Waals surface area contributed by atoms with E-state index in [2.05, 4.69) is 19.4 Å². The van der Waals surface area contributed by atoms with E-state index in [9.17, 15) is 4.79 Å². The number of likely N-dealkylation sites (tertiary alicyclic amines) is 1. The summed E-state index contributed by atoms with van der Waals surface area (Å²) in [5.41, 5.74) is 0.788. The van der Waals surface area contributed by atoms with Gasteiger partial charge in [-0.05, 0) is 50.1 Å². The highest BCUT2D eigenvalue weighted by Crippen LogP contribution is 2.26. The van der Waals surface area contributed by atoms with Crippen LogP contribution in [-0.2, 0) is 6.54 Å². The van der Waals surface area contributed by atoms with Gasteiger partial charge in [-0.2, -0.15) is 0 Å². The molecule has 0 saturated carbocycles. The van der Waals surface area contributed by atoms with E-state index in [-0.39, 0.29) is 11.9 Å². The standard InChI is InChI=1S/C21H24N4O/c1-16-23-11-14-24(16)13-9-18-6-2-3-12-25(18)21(26)20-7-4-5-17-15-22-10-8-19(17)20/h4-5,7-8,10-11,14-15,18H,2-3,6,9,12-13H2,1H3. The van der Waals surface area contributed by atoms with Crippen LogP contribution in [0.3, 0.4) is 0 Å². The molecule has 1 aliphatic rings. The van der Waals surface area contributed by atoms with Gasteiger partial charge in [-0.1, -0.05) is 12.1 Å². The van der Waals surface area contributed by atoms with Crippen LogP contribution in [0.25, 0.3) is 10.8 Å². The zero-order chi connectivity index (χ0) is 17.9. The summed E-state index contributed by atoms with van der Waals surface area (Å²) in [6.45, 7) is 3.77. The Hall–Kier alpha value is -2.69. The molecule has 26 heavy (non-hydrogen) atoms. The highest BCUT2D eigenvalue weighted by Gasteiger charge is 2.28. The van der Waals surface area contributed by atoms with E-state index in [0.29, 0.717) is 0 Å². The van der Waals surface area contributed by atoms with Crippen LogP contribution < -0.4 is 0 Å². The van der Waals surface area contributed by atoms with Crippen LogP contribution in [0.2, 0.25) is 0 Å².